The quantitative estimate of drug-likeness (QED) is 0.872. The molecular weight excluding hydrogens is 240 g/mol. The number of hydrogen-bond acceptors (Lipinski definition) is 2. The molecule has 3 heteroatoms. The molecule has 3 nitrogen and oxygen atoms in total. The molecule has 0 bridgehead atoms. The highest BCUT2D eigenvalue weighted by Gasteiger charge is 2.28. The van der Waals surface area contributed by atoms with Crippen molar-refractivity contribution in [2.45, 2.75) is 59.5 Å². The summed E-state index contributed by atoms with van der Waals surface area (Å²) in [5.41, 5.74) is 1.31. The summed E-state index contributed by atoms with van der Waals surface area (Å²) in [7, 11) is 0. The molecule has 19 heavy (non-hydrogen) atoms. The predicted octanol–water partition coefficient (Wildman–Crippen LogP) is 4.17. The first-order valence-electron chi connectivity index (χ1n) is 6.50. The van der Waals surface area contributed by atoms with Gasteiger partial charge in [0, 0.05) is 5.56 Å². The average molecular weight is 264 g/mol. The number of ether oxygens (including phenoxy) is 1. The number of rotatable bonds is 2. The van der Waals surface area contributed by atoms with E-state index < -0.39 is 11.6 Å². The van der Waals surface area contributed by atoms with Gasteiger partial charge in [-0.15, -0.1) is 0 Å². The zero-order valence-corrected chi connectivity index (χ0v) is 12.9. The largest absolute Gasteiger partial charge is 0.487 e. The number of carboxylic acids is 1. The maximum absolute atomic E-state index is 11.5. The fourth-order valence-corrected chi connectivity index (χ4v) is 1.95. The topological polar surface area (TPSA) is 46.5 Å². The minimum Gasteiger partial charge on any atom is -0.487 e. The minimum atomic E-state index is -0.942. The molecule has 1 rings (SSSR count). The van der Waals surface area contributed by atoms with Crippen molar-refractivity contribution >= 4 is 5.97 Å². The Morgan fingerprint density at radius 3 is 2.00 bits per heavy atom. The van der Waals surface area contributed by atoms with Crippen molar-refractivity contribution in [2.75, 3.05) is 0 Å². The van der Waals surface area contributed by atoms with E-state index in [2.05, 4.69) is 20.8 Å². The van der Waals surface area contributed by atoms with Gasteiger partial charge in [0.2, 0.25) is 0 Å². The van der Waals surface area contributed by atoms with Crippen LogP contribution in [0.5, 0.6) is 5.75 Å². The molecule has 0 spiro atoms. The standard InChI is InChI=1S/C16H24O3/c1-10-8-9-11(15(2,3)4)13(12(10)14(17)18)19-16(5,6)7/h8-9H,1-7H3,(H,17,18). The number of hydrogen-bond donors (Lipinski definition) is 1. The molecule has 0 heterocycles. The summed E-state index contributed by atoms with van der Waals surface area (Å²) in [6.07, 6.45) is 0. The number of carboxylic acid groups (broad SMARTS) is 1. The third-order valence-corrected chi connectivity index (χ3v) is 2.80. The second-order valence-corrected chi connectivity index (χ2v) is 6.90. The molecule has 0 aromatic heterocycles. The van der Waals surface area contributed by atoms with E-state index in [1.54, 1.807) is 6.92 Å². The van der Waals surface area contributed by atoms with Crippen molar-refractivity contribution in [3.63, 3.8) is 0 Å². The van der Waals surface area contributed by atoms with E-state index >= 15 is 0 Å². The molecule has 0 saturated heterocycles. The Balaban J connectivity index is 3.59. The normalized spacial score (nSPS) is 12.4. The number of aromatic carboxylic acids is 1. The van der Waals surface area contributed by atoms with Crippen LogP contribution in [0.1, 0.15) is 63.0 Å². The van der Waals surface area contributed by atoms with Gasteiger partial charge in [-0.05, 0) is 38.7 Å². The van der Waals surface area contributed by atoms with Crippen LogP contribution in [0.25, 0.3) is 0 Å². The molecule has 0 aliphatic rings. The zero-order chi connectivity index (χ0) is 15.0. The van der Waals surface area contributed by atoms with Gasteiger partial charge < -0.3 is 9.84 Å². The molecule has 0 saturated carbocycles. The maximum Gasteiger partial charge on any atom is 0.339 e. The van der Waals surface area contributed by atoms with Gasteiger partial charge in [0.05, 0.1) is 0 Å². The van der Waals surface area contributed by atoms with Crippen LogP contribution in [-0.4, -0.2) is 16.7 Å². The molecule has 1 N–H and O–H groups in total. The number of benzene rings is 1. The molecule has 0 atom stereocenters. The number of carbonyl (C=O) groups is 1. The van der Waals surface area contributed by atoms with Gasteiger partial charge in [-0.25, -0.2) is 4.79 Å². The van der Waals surface area contributed by atoms with Gasteiger partial charge in [-0.3, -0.25) is 0 Å². The molecule has 0 aliphatic heterocycles. The summed E-state index contributed by atoms with van der Waals surface area (Å²) in [6.45, 7) is 13.7. The van der Waals surface area contributed by atoms with E-state index in [0.29, 0.717) is 5.75 Å². The Labute approximate surface area is 115 Å². The van der Waals surface area contributed by atoms with Gasteiger partial charge in [-0.1, -0.05) is 32.9 Å². The molecule has 0 radical (unpaired) electrons. The molecule has 1 aromatic carbocycles. The van der Waals surface area contributed by atoms with Crippen molar-refractivity contribution < 1.29 is 14.6 Å². The molecule has 0 aliphatic carbocycles. The zero-order valence-electron chi connectivity index (χ0n) is 12.9. The lowest BCUT2D eigenvalue weighted by atomic mass is 9.84. The Hall–Kier alpha value is -1.51. The first-order chi connectivity index (χ1) is 8.43. The smallest absolute Gasteiger partial charge is 0.339 e. The Morgan fingerprint density at radius 1 is 1.11 bits per heavy atom. The molecular formula is C16H24O3. The summed E-state index contributed by atoms with van der Waals surface area (Å²) in [5, 5.41) is 9.45. The van der Waals surface area contributed by atoms with E-state index in [4.69, 9.17) is 4.74 Å². The Kier molecular flexibility index (Phi) is 3.99. The summed E-state index contributed by atoms with van der Waals surface area (Å²) >= 11 is 0. The van der Waals surface area contributed by atoms with E-state index in [1.165, 1.54) is 0 Å². The lowest BCUT2D eigenvalue weighted by Crippen LogP contribution is -2.27. The van der Waals surface area contributed by atoms with Crippen LogP contribution < -0.4 is 4.74 Å². The second kappa shape index (κ2) is 4.87. The highest BCUT2D eigenvalue weighted by atomic mass is 16.5. The fraction of sp³-hybridized carbons (Fsp3) is 0.562. The second-order valence-electron chi connectivity index (χ2n) is 6.90. The maximum atomic E-state index is 11.5. The number of aryl methyl sites for hydroxylation is 1. The monoisotopic (exact) mass is 264 g/mol. The summed E-state index contributed by atoms with van der Waals surface area (Å²) in [4.78, 5) is 11.5. The highest BCUT2D eigenvalue weighted by molar-refractivity contribution is 5.93. The van der Waals surface area contributed by atoms with Crippen molar-refractivity contribution in [1.82, 2.24) is 0 Å². The van der Waals surface area contributed by atoms with Gasteiger partial charge in [0.15, 0.2) is 0 Å². The van der Waals surface area contributed by atoms with Gasteiger partial charge >= 0.3 is 5.97 Å². The average Bonchev–Trinajstić information content (AvgIpc) is 2.11. The van der Waals surface area contributed by atoms with Crippen LogP contribution in [0.2, 0.25) is 0 Å². The van der Waals surface area contributed by atoms with Crippen LogP contribution in [0.15, 0.2) is 12.1 Å². The van der Waals surface area contributed by atoms with Gasteiger partial charge in [-0.2, -0.15) is 0 Å². The van der Waals surface area contributed by atoms with Crippen molar-refractivity contribution in [3.8, 4) is 5.75 Å². The van der Waals surface area contributed by atoms with E-state index in [0.717, 1.165) is 11.1 Å². The van der Waals surface area contributed by atoms with Crippen LogP contribution in [0.4, 0.5) is 0 Å². The molecule has 106 valence electrons. The SMILES string of the molecule is Cc1ccc(C(C)(C)C)c(OC(C)(C)C)c1C(=O)O. The predicted molar refractivity (Wildman–Crippen MR) is 77.2 cm³/mol. The van der Waals surface area contributed by atoms with Crippen molar-refractivity contribution in [3.05, 3.63) is 28.8 Å². The molecule has 0 amide bonds. The third kappa shape index (κ3) is 3.72. The van der Waals surface area contributed by atoms with Crippen LogP contribution in [0, 0.1) is 6.92 Å². The lowest BCUT2D eigenvalue weighted by molar-refractivity contribution is 0.0678. The van der Waals surface area contributed by atoms with E-state index in [9.17, 15) is 9.90 Å². The first-order valence-corrected chi connectivity index (χ1v) is 6.50. The van der Waals surface area contributed by atoms with Crippen LogP contribution in [0.3, 0.4) is 0 Å². The van der Waals surface area contributed by atoms with Crippen molar-refractivity contribution in [1.29, 1.82) is 0 Å². The molecule has 0 unspecified atom stereocenters. The highest BCUT2D eigenvalue weighted by Crippen LogP contribution is 2.37. The summed E-state index contributed by atoms with van der Waals surface area (Å²) in [5.74, 6) is -0.449. The first kappa shape index (κ1) is 15.5. The van der Waals surface area contributed by atoms with E-state index in [-0.39, 0.29) is 11.0 Å². The third-order valence-electron chi connectivity index (χ3n) is 2.80. The Bertz CT molecular complexity index is 488. The summed E-state index contributed by atoms with van der Waals surface area (Å²) < 4.78 is 5.95. The summed E-state index contributed by atoms with van der Waals surface area (Å²) in [6, 6.07) is 3.81. The lowest BCUT2D eigenvalue weighted by Gasteiger charge is -2.30. The molecule has 0 fully saturated rings. The van der Waals surface area contributed by atoms with Crippen molar-refractivity contribution in [2.24, 2.45) is 0 Å². The van der Waals surface area contributed by atoms with Crippen LogP contribution in [-0.2, 0) is 5.41 Å². The minimum absolute atomic E-state index is 0.168. The van der Waals surface area contributed by atoms with Gasteiger partial charge in [0.25, 0.3) is 0 Å². The van der Waals surface area contributed by atoms with E-state index in [1.807, 2.05) is 32.9 Å². The molecule has 1 aromatic rings. The Morgan fingerprint density at radius 2 is 1.63 bits per heavy atom. The van der Waals surface area contributed by atoms with Crippen LogP contribution >= 0.6 is 0 Å². The fourth-order valence-electron chi connectivity index (χ4n) is 1.95. The van der Waals surface area contributed by atoms with Gasteiger partial charge in [0.1, 0.15) is 16.9 Å².